The van der Waals surface area contributed by atoms with Crippen LogP contribution in [0.5, 0.6) is 11.5 Å². The Labute approximate surface area is 182 Å². The van der Waals surface area contributed by atoms with Gasteiger partial charge >= 0.3 is 0 Å². The van der Waals surface area contributed by atoms with Crippen molar-refractivity contribution in [2.75, 3.05) is 30.9 Å². The van der Waals surface area contributed by atoms with E-state index in [0.717, 1.165) is 5.56 Å². The van der Waals surface area contributed by atoms with Crippen molar-refractivity contribution in [1.82, 2.24) is 0 Å². The fourth-order valence-electron chi connectivity index (χ4n) is 3.01. The molecule has 3 aromatic carbocycles. The predicted molar refractivity (Wildman–Crippen MR) is 121 cm³/mol. The number of rotatable bonds is 7. The Morgan fingerprint density at radius 1 is 0.935 bits per heavy atom. The molecule has 0 bridgehead atoms. The van der Waals surface area contributed by atoms with Crippen LogP contribution in [0.4, 0.5) is 11.4 Å². The van der Waals surface area contributed by atoms with E-state index in [4.69, 9.17) is 9.47 Å². The molecule has 0 aliphatic rings. The fraction of sp³-hybridized carbons (Fsp3) is 0.174. The first-order valence-corrected chi connectivity index (χ1v) is 10.9. The largest absolute Gasteiger partial charge is 0.497 e. The minimum absolute atomic E-state index is 0.0193. The summed E-state index contributed by atoms with van der Waals surface area (Å²) in [5.41, 5.74) is 2.13. The molecule has 0 fully saturated rings. The van der Waals surface area contributed by atoms with E-state index in [0.29, 0.717) is 22.9 Å². The Hall–Kier alpha value is -3.52. The van der Waals surface area contributed by atoms with Crippen molar-refractivity contribution in [3.63, 3.8) is 0 Å². The van der Waals surface area contributed by atoms with E-state index >= 15 is 0 Å². The number of carbonyl (C=O) groups excluding carboxylic acids is 1. The fourth-order valence-corrected chi connectivity index (χ4v) is 4.25. The van der Waals surface area contributed by atoms with Crippen molar-refractivity contribution >= 4 is 27.3 Å². The Kier molecular flexibility index (Phi) is 6.50. The molecular weight excluding hydrogens is 416 g/mol. The highest BCUT2D eigenvalue weighted by atomic mass is 32.2. The number of sulfonamides is 1. The third kappa shape index (κ3) is 4.80. The van der Waals surface area contributed by atoms with Crippen LogP contribution in [0, 0.1) is 6.92 Å². The summed E-state index contributed by atoms with van der Waals surface area (Å²) in [6, 6.07) is 18.1. The molecule has 0 unspecified atom stereocenters. The van der Waals surface area contributed by atoms with Gasteiger partial charge in [-0.1, -0.05) is 18.2 Å². The topological polar surface area (TPSA) is 84.9 Å². The van der Waals surface area contributed by atoms with Gasteiger partial charge in [0.25, 0.3) is 15.9 Å². The molecule has 1 amide bonds. The second-order valence-corrected chi connectivity index (χ2v) is 8.83. The maximum absolute atomic E-state index is 13.1. The summed E-state index contributed by atoms with van der Waals surface area (Å²) in [5, 5.41) is 2.75. The second kappa shape index (κ2) is 9.09. The van der Waals surface area contributed by atoms with E-state index in [1.807, 2.05) is 13.0 Å². The zero-order valence-electron chi connectivity index (χ0n) is 17.7. The van der Waals surface area contributed by atoms with Crippen LogP contribution in [0.15, 0.2) is 71.6 Å². The summed E-state index contributed by atoms with van der Waals surface area (Å²) < 4.78 is 37.9. The Morgan fingerprint density at radius 2 is 1.68 bits per heavy atom. The van der Waals surface area contributed by atoms with E-state index < -0.39 is 15.9 Å². The van der Waals surface area contributed by atoms with Crippen molar-refractivity contribution in [3.05, 3.63) is 77.9 Å². The smallest absolute Gasteiger partial charge is 0.264 e. The molecule has 8 heteroatoms. The van der Waals surface area contributed by atoms with Gasteiger partial charge in [0.2, 0.25) is 0 Å². The summed E-state index contributed by atoms with van der Waals surface area (Å²) in [6.07, 6.45) is 0. The average Bonchev–Trinajstić information content (AvgIpc) is 2.78. The minimum atomic E-state index is -3.85. The van der Waals surface area contributed by atoms with Crippen LogP contribution in [-0.4, -0.2) is 35.6 Å². The number of aryl methyl sites for hydroxylation is 1. The van der Waals surface area contributed by atoms with Crippen molar-refractivity contribution in [3.8, 4) is 11.5 Å². The first-order chi connectivity index (χ1) is 14.8. The SMILES string of the molecule is COc1ccc(NC(=O)c2cccc(S(=O)(=O)N(C)c3cccc(C)c3)c2)c(OC)c1. The molecule has 0 atom stereocenters. The van der Waals surface area contributed by atoms with Crippen molar-refractivity contribution in [2.24, 2.45) is 0 Å². The summed E-state index contributed by atoms with van der Waals surface area (Å²) in [7, 11) is 0.657. The van der Waals surface area contributed by atoms with Crippen LogP contribution in [0.1, 0.15) is 15.9 Å². The number of carbonyl (C=O) groups is 1. The van der Waals surface area contributed by atoms with Gasteiger partial charge in [-0.25, -0.2) is 8.42 Å². The lowest BCUT2D eigenvalue weighted by molar-refractivity contribution is 0.102. The lowest BCUT2D eigenvalue weighted by atomic mass is 10.2. The van der Waals surface area contributed by atoms with Gasteiger partial charge in [-0.3, -0.25) is 9.10 Å². The monoisotopic (exact) mass is 440 g/mol. The van der Waals surface area contributed by atoms with Gasteiger partial charge in [-0.15, -0.1) is 0 Å². The molecule has 0 radical (unpaired) electrons. The van der Waals surface area contributed by atoms with Crippen molar-refractivity contribution in [1.29, 1.82) is 0 Å². The predicted octanol–water partition coefficient (Wildman–Crippen LogP) is 4.09. The maximum atomic E-state index is 13.1. The molecule has 31 heavy (non-hydrogen) atoms. The summed E-state index contributed by atoms with van der Waals surface area (Å²) in [5.74, 6) is 0.552. The molecular formula is C23H24N2O5S. The summed E-state index contributed by atoms with van der Waals surface area (Å²) in [4.78, 5) is 12.8. The lowest BCUT2D eigenvalue weighted by Crippen LogP contribution is -2.27. The molecule has 3 rings (SSSR count). The first kappa shape index (κ1) is 22.2. The van der Waals surface area contributed by atoms with E-state index in [9.17, 15) is 13.2 Å². The average molecular weight is 441 g/mol. The van der Waals surface area contributed by atoms with E-state index in [1.54, 1.807) is 42.5 Å². The number of nitrogens with one attached hydrogen (secondary N) is 1. The van der Waals surface area contributed by atoms with Gasteiger partial charge in [0.1, 0.15) is 11.5 Å². The zero-order valence-corrected chi connectivity index (χ0v) is 18.6. The number of nitrogens with zero attached hydrogens (tertiary/aromatic N) is 1. The maximum Gasteiger partial charge on any atom is 0.264 e. The van der Waals surface area contributed by atoms with E-state index in [2.05, 4.69) is 5.32 Å². The van der Waals surface area contributed by atoms with Gasteiger partial charge in [0.15, 0.2) is 0 Å². The number of benzene rings is 3. The highest BCUT2D eigenvalue weighted by Crippen LogP contribution is 2.30. The van der Waals surface area contributed by atoms with Crippen molar-refractivity contribution < 1.29 is 22.7 Å². The van der Waals surface area contributed by atoms with Crippen molar-refractivity contribution in [2.45, 2.75) is 11.8 Å². The molecule has 0 heterocycles. The van der Waals surface area contributed by atoms with Crippen LogP contribution in [0.2, 0.25) is 0 Å². The van der Waals surface area contributed by atoms with Gasteiger partial charge in [-0.2, -0.15) is 0 Å². The van der Waals surface area contributed by atoms with Crippen LogP contribution in [-0.2, 0) is 10.0 Å². The highest BCUT2D eigenvalue weighted by molar-refractivity contribution is 7.92. The van der Waals surface area contributed by atoms with Crippen LogP contribution in [0.3, 0.4) is 0 Å². The van der Waals surface area contributed by atoms with E-state index in [-0.39, 0.29) is 10.5 Å². The normalized spacial score (nSPS) is 11.0. The van der Waals surface area contributed by atoms with Gasteiger partial charge < -0.3 is 14.8 Å². The Bertz CT molecular complexity index is 1210. The molecule has 0 saturated carbocycles. The zero-order chi connectivity index (χ0) is 22.6. The van der Waals surface area contributed by atoms with Crippen LogP contribution >= 0.6 is 0 Å². The minimum Gasteiger partial charge on any atom is -0.497 e. The Balaban J connectivity index is 1.88. The number of hydrogen-bond donors (Lipinski definition) is 1. The third-order valence-corrected chi connectivity index (χ3v) is 6.56. The van der Waals surface area contributed by atoms with Gasteiger partial charge in [0, 0.05) is 18.7 Å². The number of anilines is 2. The van der Waals surface area contributed by atoms with Crippen LogP contribution < -0.4 is 19.1 Å². The quantitative estimate of drug-likeness (QED) is 0.598. The molecule has 0 aliphatic carbocycles. The third-order valence-electron chi connectivity index (χ3n) is 4.78. The molecule has 0 aromatic heterocycles. The van der Waals surface area contributed by atoms with Crippen LogP contribution in [0.25, 0.3) is 0 Å². The second-order valence-electron chi connectivity index (χ2n) is 6.86. The number of methoxy groups -OCH3 is 2. The number of hydrogen-bond acceptors (Lipinski definition) is 5. The Morgan fingerprint density at radius 3 is 2.35 bits per heavy atom. The standard InChI is InChI=1S/C23H24N2O5S/c1-16-7-5-9-18(13-16)25(2)31(27,28)20-10-6-8-17(14-20)23(26)24-21-12-11-19(29-3)15-22(21)30-4/h5-15H,1-4H3,(H,24,26). The number of ether oxygens (including phenoxy) is 2. The molecule has 7 nitrogen and oxygen atoms in total. The lowest BCUT2D eigenvalue weighted by Gasteiger charge is -2.20. The molecule has 3 aromatic rings. The van der Waals surface area contributed by atoms with Gasteiger partial charge in [0.05, 0.1) is 30.5 Å². The molecule has 0 saturated heterocycles. The van der Waals surface area contributed by atoms with E-state index in [1.165, 1.54) is 43.8 Å². The molecule has 0 aliphatic heterocycles. The highest BCUT2D eigenvalue weighted by Gasteiger charge is 2.23. The molecule has 162 valence electrons. The first-order valence-electron chi connectivity index (χ1n) is 9.45. The molecule has 0 spiro atoms. The number of amides is 1. The molecule has 1 N–H and O–H groups in total. The van der Waals surface area contributed by atoms with Gasteiger partial charge in [-0.05, 0) is 55.0 Å². The summed E-state index contributed by atoms with van der Waals surface area (Å²) >= 11 is 0. The summed E-state index contributed by atoms with van der Waals surface area (Å²) in [6.45, 7) is 1.89.